The van der Waals surface area contributed by atoms with Gasteiger partial charge in [-0.25, -0.2) is 4.98 Å². The van der Waals surface area contributed by atoms with Crippen LogP contribution in [0, 0.1) is 0 Å². The number of phenolic OH excluding ortho intramolecular Hbond substituents is 3. The molecule has 31 heavy (non-hydrogen) atoms. The van der Waals surface area contributed by atoms with Gasteiger partial charge >= 0.3 is 0 Å². The normalized spacial score (nSPS) is 10.7. The molecule has 1 heterocycles. The van der Waals surface area contributed by atoms with E-state index in [4.69, 9.17) is 0 Å². The third-order valence-corrected chi connectivity index (χ3v) is 5.84. The zero-order valence-electron chi connectivity index (χ0n) is 16.7. The number of thiazole rings is 1. The zero-order valence-corrected chi connectivity index (χ0v) is 17.5. The van der Waals surface area contributed by atoms with Crippen LogP contribution in [0.5, 0.6) is 17.2 Å². The van der Waals surface area contributed by atoms with Gasteiger partial charge in [-0.15, -0.1) is 11.3 Å². The maximum Gasteiger partial charge on any atom is 0.257 e. The van der Waals surface area contributed by atoms with Crippen molar-refractivity contribution < 1.29 is 20.1 Å². The summed E-state index contributed by atoms with van der Waals surface area (Å²) in [6.07, 6.45) is 0.754. The van der Waals surface area contributed by atoms with Crippen LogP contribution < -0.4 is 5.32 Å². The van der Waals surface area contributed by atoms with Crippen molar-refractivity contribution in [2.75, 3.05) is 5.32 Å². The average Bonchev–Trinajstić information content (AvgIpc) is 3.17. The molecule has 0 saturated carbocycles. The summed E-state index contributed by atoms with van der Waals surface area (Å²) >= 11 is 1.37. The minimum atomic E-state index is -0.427. The van der Waals surface area contributed by atoms with E-state index in [0.717, 1.165) is 22.6 Å². The lowest BCUT2D eigenvalue weighted by molar-refractivity contribution is 0.102. The van der Waals surface area contributed by atoms with E-state index in [1.165, 1.54) is 40.7 Å². The topological polar surface area (TPSA) is 103 Å². The SMILES string of the molecule is CCc1sc(NC(=O)c2ccc(O)c(O)c2)nc1-c1ccc(O)cc1.c1cc2cc-2c1. The highest BCUT2D eigenvalue weighted by Gasteiger charge is 2.15. The summed E-state index contributed by atoms with van der Waals surface area (Å²) in [4.78, 5) is 17.8. The number of nitrogens with zero attached hydrogens (tertiary/aromatic N) is 1. The molecule has 2 aliphatic carbocycles. The second kappa shape index (κ2) is 8.49. The van der Waals surface area contributed by atoms with Crippen molar-refractivity contribution in [1.29, 1.82) is 0 Å². The van der Waals surface area contributed by atoms with E-state index in [0.29, 0.717) is 5.13 Å². The Morgan fingerprint density at radius 2 is 1.61 bits per heavy atom. The minimum Gasteiger partial charge on any atom is -0.508 e. The molecule has 0 fully saturated rings. The molecule has 7 heteroatoms. The second-order valence-corrected chi connectivity index (χ2v) is 8.01. The van der Waals surface area contributed by atoms with Crippen LogP contribution in [-0.2, 0) is 6.42 Å². The van der Waals surface area contributed by atoms with E-state index in [1.807, 2.05) is 6.92 Å². The fraction of sp³-hybridized carbons (Fsp3) is 0.0833. The predicted octanol–water partition coefficient (Wildman–Crippen LogP) is 5.41. The van der Waals surface area contributed by atoms with Gasteiger partial charge < -0.3 is 15.3 Å². The summed E-state index contributed by atoms with van der Waals surface area (Å²) in [5.74, 6) is -0.888. The smallest absolute Gasteiger partial charge is 0.257 e. The molecule has 0 saturated heterocycles. The zero-order chi connectivity index (χ0) is 22.0. The van der Waals surface area contributed by atoms with Gasteiger partial charge in [0.2, 0.25) is 0 Å². The van der Waals surface area contributed by atoms with E-state index < -0.39 is 5.91 Å². The number of aryl methyl sites for hydroxylation is 1. The molecule has 0 spiro atoms. The highest BCUT2D eigenvalue weighted by atomic mass is 32.1. The van der Waals surface area contributed by atoms with Gasteiger partial charge in [0, 0.05) is 16.0 Å². The van der Waals surface area contributed by atoms with Crippen molar-refractivity contribution in [2.24, 2.45) is 0 Å². The number of hydrogen-bond donors (Lipinski definition) is 4. The molecule has 5 rings (SSSR count). The van der Waals surface area contributed by atoms with Crippen molar-refractivity contribution in [3.63, 3.8) is 0 Å². The Bertz CT molecular complexity index is 1230. The third kappa shape index (κ3) is 4.67. The van der Waals surface area contributed by atoms with Crippen molar-refractivity contribution in [3.8, 4) is 39.6 Å². The number of aromatic hydroxyl groups is 3. The monoisotopic (exact) mass is 432 g/mol. The van der Waals surface area contributed by atoms with Gasteiger partial charge in [0.05, 0.1) is 5.69 Å². The number of carbonyl (C=O) groups excluding carboxylic acids is 1. The number of anilines is 1. The Morgan fingerprint density at radius 3 is 2.16 bits per heavy atom. The maximum atomic E-state index is 12.3. The Morgan fingerprint density at radius 1 is 0.903 bits per heavy atom. The molecule has 0 aliphatic heterocycles. The van der Waals surface area contributed by atoms with Crippen LogP contribution in [0.4, 0.5) is 5.13 Å². The molecule has 1 amide bonds. The van der Waals surface area contributed by atoms with Gasteiger partial charge in [-0.1, -0.05) is 25.1 Å². The number of fused-ring (bicyclic) bond motifs is 1. The van der Waals surface area contributed by atoms with Crippen LogP contribution >= 0.6 is 11.3 Å². The number of amides is 1. The molecule has 1 aromatic heterocycles. The first-order chi connectivity index (χ1) is 14.9. The highest BCUT2D eigenvalue weighted by molar-refractivity contribution is 7.16. The van der Waals surface area contributed by atoms with E-state index in [2.05, 4.69) is 34.6 Å². The molecule has 4 N–H and O–H groups in total. The van der Waals surface area contributed by atoms with E-state index in [1.54, 1.807) is 24.3 Å². The number of aromatic nitrogens is 1. The standard InChI is InChI=1S/C18H16N2O4S.C6H4/c1-2-15-16(10-3-6-12(21)7-4-10)19-18(25-15)20-17(24)11-5-8-13(22)14(23)9-11;1-2-5-4-6(5)3-1/h3-9,21-23H,2H2,1H3,(H,19,20,24);1-4H. The lowest BCUT2D eigenvalue weighted by Gasteiger charge is -2.03. The first-order valence-corrected chi connectivity index (χ1v) is 10.5. The average molecular weight is 433 g/mol. The van der Waals surface area contributed by atoms with Gasteiger partial charge in [-0.3, -0.25) is 10.1 Å². The van der Waals surface area contributed by atoms with Crippen LogP contribution in [0.25, 0.3) is 22.4 Å². The molecule has 156 valence electrons. The van der Waals surface area contributed by atoms with Gasteiger partial charge in [-0.2, -0.15) is 0 Å². The molecule has 0 bridgehead atoms. The summed E-state index contributed by atoms with van der Waals surface area (Å²) in [5.41, 5.74) is 4.68. The molecule has 6 nitrogen and oxygen atoms in total. The summed E-state index contributed by atoms with van der Waals surface area (Å²) in [6.45, 7) is 2.00. The van der Waals surface area contributed by atoms with Crippen molar-refractivity contribution in [1.82, 2.24) is 4.98 Å². The summed E-state index contributed by atoms with van der Waals surface area (Å²) in [7, 11) is 0. The van der Waals surface area contributed by atoms with Crippen LogP contribution in [0.15, 0.2) is 66.7 Å². The molecule has 0 unspecified atom stereocenters. The fourth-order valence-electron chi connectivity index (χ4n) is 3.00. The third-order valence-electron chi connectivity index (χ3n) is 4.73. The van der Waals surface area contributed by atoms with Crippen molar-refractivity contribution >= 4 is 22.4 Å². The quantitative estimate of drug-likeness (QED) is 0.284. The number of phenols is 3. The summed E-state index contributed by atoms with van der Waals surface area (Å²) < 4.78 is 0. The number of rotatable bonds is 4. The maximum absolute atomic E-state index is 12.3. The lowest BCUT2D eigenvalue weighted by Crippen LogP contribution is -2.11. The van der Waals surface area contributed by atoms with Crippen molar-refractivity contribution in [2.45, 2.75) is 13.3 Å². The number of nitrogens with one attached hydrogen (secondary N) is 1. The van der Waals surface area contributed by atoms with E-state index in [9.17, 15) is 20.1 Å². The highest BCUT2D eigenvalue weighted by Crippen LogP contribution is 2.33. The van der Waals surface area contributed by atoms with Gasteiger partial charge in [0.1, 0.15) is 5.75 Å². The number of benzene rings is 3. The Balaban J connectivity index is 0.000000325. The molecular formula is C24H20N2O4S. The molecule has 0 atom stereocenters. The van der Waals surface area contributed by atoms with E-state index in [-0.39, 0.29) is 22.8 Å². The summed E-state index contributed by atoms with van der Waals surface area (Å²) in [6, 6.07) is 19.1. The van der Waals surface area contributed by atoms with Crippen LogP contribution in [0.3, 0.4) is 0 Å². The van der Waals surface area contributed by atoms with Crippen LogP contribution in [-0.4, -0.2) is 26.2 Å². The van der Waals surface area contributed by atoms with E-state index >= 15 is 0 Å². The van der Waals surface area contributed by atoms with Crippen LogP contribution in [0.1, 0.15) is 22.2 Å². The first-order valence-electron chi connectivity index (χ1n) is 9.67. The predicted molar refractivity (Wildman–Crippen MR) is 122 cm³/mol. The minimum absolute atomic E-state index is 0.178. The fourth-order valence-corrected chi connectivity index (χ4v) is 3.92. The molecular weight excluding hydrogens is 412 g/mol. The molecule has 0 radical (unpaired) electrons. The Hall–Kier alpha value is -3.84. The molecule has 2 aromatic carbocycles. The first kappa shape index (κ1) is 20.4. The Kier molecular flexibility index (Phi) is 5.60. The van der Waals surface area contributed by atoms with Crippen LogP contribution in [0.2, 0.25) is 0 Å². The summed E-state index contributed by atoms with van der Waals surface area (Å²) in [5, 5.41) is 31.4. The lowest BCUT2D eigenvalue weighted by atomic mass is 10.1. The van der Waals surface area contributed by atoms with Crippen molar-refractivity contribution in [3.05, 3.63) is 77.2 Å². The molecule has 3 aromatic rings. The number of carbonyl (C=O) groups is 1. The molecule has 2 aliphatic rings. The van der Waals surface area contributed by atoms with Gasteiger partial charge in [0.15, 0.2) is 16.6 Å². The largest absolute Gasteiger partial charge is 0.508 e. The number of hydrogen-bond acceptors (Lipinski definition) is 6. The van der Waals surface area contributed by atoms with Gasteiger partial charge in [0.25, 0.3) is 5.91 Å². The van der Waals surface area contributed by atoms with Gasteiger partial charge in [-0.05, 0) is 66.1 Å². The Labute approximate surface area is 183 Å². The second-order valence-electron chi connectivity index (χ2n) is 6.93.